The maximum absolute atomic E-state index is 6.10. The molecule has 1 fully saturated rings. The molecule has 0 aliphatic heterocycles. The largest absolute Gasteiger partial charge is 0.343 e. The molecule has 1 aliphatic carbocycles. The van der Waals surface area contributed by atoms with Crippen LogP contribution in [-0.4, -0.2) is 10.1 Å². The van der Waals surface area contributed by atoms with Gasteiger partial charge in [-0.05, 0) is 25.7 Å². The van der Waals surface area contributed by atoms with E-state index in [1.54, 1.807) is 0 Å². The maximum Gasteiger partial charge on any atom is 0.213 e. The van der Waals surface area contributed by atoms with Crippen LogP contribution in [0.2, 0.25) is 0 Å². The molecule has 0 saturated heterocycles. The van der Waals surface area contributed by atoms with Gasteiger partial charge >= 0.3 is 0 Å². The second kappa shape index (κ2) is 2.55. The Morgan fingerprint density at radius 1 is 1.67 bits per heavy atom. The van der Waals surface area contributed by atoms with Crippen LogP contribution < -0.4 is 5.73 Å². The van der Waals surface area contributed by atoms with Crippen molar-refractivity contribution in [3.63, 3.8) is 0 Å². The Morgan fingerprint density at radius 3 is 2.83 bits per heavy atom. The zero-order chi connectivity index (χ0) is 8.60. The van der Waals surface area contributed by atoms with Gasteiger partial charge in [0.15, 0.2) is 5.82 Å². The third kappa shape index (κ3) is 1.03. The summed E-state index contributed by atoms with van der Waals surface area (Å²) >= 11 is 0. The fourth-order valence-electron chi connectivity index (χ4n) is 1.60. The molecule has 66 valence electrons. The summed E-state index contributed by atoms with van der Waals surface area (Å²) in [6.07, 6.45) is 4.97. The second-order valence-corrected chi connectivity index (χ2v) is 3.67. The van der Waals surface area contributed by atoms with Gasteiger partial charge in [0, 0.05) is 0 Å². The van der Waals surface area contributed by atoms with E-state index in [2.05, 4.69) is 14.7 Å². The van der Waals surface area contributed by atoms with Crippen LogP contribution in [0.1, 0.15) is 32.0 Å². The van der Waals surface area contributed by atoms with E-state index >= 15 is 0 Å². The molecular formula is C8H13N3O. The first kappa shape index (κ1) is 7.73. The lowest BCUT2D eigenvalue weighted by Crippen LogP contribution is -2.45. The van der Waals surface area contributed by atoms with Gasteiger partial charge in [-0.15, -0.1) is 0 Å². The minimum Gasteiger partial charge on any atom is -0.343 e. The third-order valence-corrected chi connectivity index (χ3v) is 2.80. The Morgan fingerprint density at radius 2 is 2.42 bits per heavy atom. The van der Waals surface area contributed by atoms with Gasteiger partial charge in [-0.3, -0.25) is 0 Å². The molecule has 0 amide bonds. The zero-order valence-electron chi connectivity index (χ0n) is 7.16. The molecule has 0 aromatic carbocycles. The van der Waals surface area contributed by atoms with E-state index in [4.69, 9.17) is 5.73 Å². The lowest BCUT2D eigenvalue weighted by atomic mass is 9.72. The van der Waals surface area contributed by atoms with Crippen LogP contribution in [0.5, 0.6) is 0 Å². The molecule has 2 rings (SSSR count). The first-order valence-corrected chi connectivity index (χ1v) is 4.27. The van der Waals surface area contributed by atoms with E-state index < -0.39 is 5.54 Å². The molecule has 1 unspecified atom stereocenters. The van der Waals surface area contributed by atoms with Crippen molar-refractivity contribution >= 4 is 0 Å². The lowest BCUT2D eigenvalue weighted by Gasteiger charge is -2.37. The number of nitrogens with two attached hydrogens (primary N) is 1. The van der Waals surface area contributed by atoms with Gasteiger partial charge in [0.25, 0.3) is 0 Å². The summed E-state index contributed by atoms with van der Waals surface area (Å²) in [5.41, 5.74) is 5.71. The molecule has 0 bridgehead atoms. The van der Waals surface area contributed by atoms with Crippen molar-refractivity contribution < 1.29 is 4.52 Å². The summed E-state index contributed by atoms with van der Waals surface area (Å²) in [5.74, 6) is 1.15. The highest BCUT2D eigenvalue weighted by Gasteiger charge is 2.38. The highest BCUT2D eigenvalue weighted by molar-refractivity contribution is 5.04. The van der Waals surface area contributed by atoms with Crippen LogP contribution in [0.4, 0.5) is 0 Å². The van der Waals surface area contributed by atoms with Crippen LogP contribution in [0.25, 0.3) is 0 Å². The van der Waals surface area contributed by atoms with Crippen LogP contribution >= 0.6 is 0 Å². The molecule has 0 radical (unpaired) electrons. The highest BCUT2D eigenvalue weighted by Crippen LogP contribution is 2.38. The SMILES string of the molecule is CC(N)(c1ncon1)C1CCC1. The number of rotatable bonds is 2. The van der Waals surface area contributed by atoms with Gasteiger partial charge < -0.3 is 10.3 Å². The Balaban J connectivity index is 2.19. The van der Waals surface area contributed by atoms with Crippen LogP contribution in [0.15, 0.2) is 10.9 Å². The quantitative estimate of drug-likeness (QED) is 0.714. The number of hydrogen-bond donors (Lipinski definition) is 1. The monoisotopic (exact) mass is 167 g/mol. The first-order chi connectivity index (χ1) is 5.71. The molecule has 4 nitrogen and oxygen atoms in total. The van der Waals surface area contributed by atoms with Crippen LogP contribution in [0, 0.1) is 5.92 Å². The lowest BCUT2D eigenvalue weighted by molar-refractivity contribution is 0.170. The van der Waals surface area contributed by atoms with Crippen molar-refractivity contribution in [3.05, 3.63) is 12.2 Å². The smallest absolute Gasteiger partial charge is 0.213 e. The van der Waals surface area contributed by atoms with E-state index in [1.807, 2.05) is 6.92 Å². The Bertz CT molecular complexity index is 251. The van der Waals surface area contributed by atoms with Crippen molar-refractivity contribution in [3.8, 4) is 0 Å². The number of nitrogens with zero attached hydrogens (tertiary/aromatic N) is 2. The van der Waals surface area contributed by atoms with Gasteiger partial charge in [0.05, 0.1) is 5.54 Å². The number of aromatic nitrogens is 2. The summed E-state index contributed by atoms with van der Waals surface area (Å²) in [5, 5.41) is 3.78. The van der Waals surface area contributed by atoms with Gasteiger partial charge in [0.1, 0.15) is 0 Å². The highest BCUT2D eigenvalue weighted by atomic mass is 16.5. The molecule has 1 aromatic heterocycles. The standard InChI is InChI=1S/C8H13N3O/c1-8(9,6-3-2-4-6)7-10-5-12-11-7/h5-6H,2-4,9H2,1H3. The van der Waals surface area contributed by atoms with Gasteiger partial charge in [-0.2, -0.15) is 4.98 Å². The van der Waals surface area contributed by atoms with Crippen molar-refractivity contribution in [1.29, 1.82) is 0 Å². The predicted octanol–water partition coefficient (Wildman–Crippen LogP) is 1.04. The molecule has 12 heavy (non-hydrogen) atoms. The van der Waals surface area contributed by atoms with Crippen molar-refractivity contribution in [2.45, 2.75) is 31.7 Å². The average molecular weight is 167 g/mol. The first-order valence-electron chi connectivity index (χ1n) is 4.27. The minimum absolute atomic E-state index is 0.398. The van der Waals surface area contributed by atoms with Gasteiger partial charge in [-0.25, -0.2) is 0 Å². The fraction of sp³-hybridized carbons (Fsp3) is 0.750. The summed E-state index contributed by atoms with van der Waals surface area (Å²) in [6, 6.07) is 0. The fourth-order valence-corrected chi connectivity index (χ4v) is 1.60. The normalized spacial score (nSPS) is 23.2. The van der Waals surface area contributed by atoms with Gasteiger partial charge in [0.2, 0.25) is 6.39 Å². The summed E-state index contributed by atoms with van der Waals surface area (Å²) in [4.78, 5) is 3.99. The summed E-state index contributed by atoms with van der Waals surface area (Å²) < 4.78 is 4.68. The van der Waals surface area contributed by atoms with Crippen molar-refractivity contribution in [2.75, 3.05) is 0 Å². The van der Waals surface area contributed by atoms with Crippen molar-refractivity contribution in [1.82, 2.24) is 10.1 Å². The van der Waals surface area contributed by atoms with E-state index in [-0.39, 0.29) is 0 Å². The van der Waals surface area contributed by atoms with Crippen molar-refractivity contribution in [2.24, 2.45) is 11.7 Å². The molecule has 2 N–H and O–H groups in total. The molecule has 1 aliphatic rings. The van der Waals surface area contributed by atoms with E-state index in [0.29, 0.717) is 11.7 Å². The molecule has 0 spiro atoms. The Labute approximate surface area is 71.1 Å². The summed E-state index contributed by atoms with van der Waals surface area (Å²) in [7, 11) is 0. The maximum atomic E-state index is 6.10. The van der Waals surface area contributed by atoms with E-state index in [9.17, 15) is 0 Å². The molecule has 4 heteroatoms. The number of hydrogen-bond acceptors (Lipinski definition) is 4. The molecular weight excluding hydrogens is 154 g/mol. The predicted molar refractivity (Wildman–Crippen MR) is 43.2 cm³/mol. The van der Waals surface area contributed by atoms with E-state index in [0.717, 1.165) is 0 Å². The molecule has 1 heterocycles. The summed E-state index contributed by atoms with van der Waals surface area (Å²) in [6.45, 7) is 1.97. The molecule has 1 saturated carbocycles. The third-order valence-electron chi connectivity index (χ3n) is 2.80. The van der Waals surface area contributed by atoms with Crippen LogP contribution in [-0.2, 0) is 5.54 Å². The topological polar surface area (TPSA) is 64.9 Å². The van der Waals surface area contributed by atoms with Gasteiger partial charge in [-0.1, -0.05) is 11.6 Å². The Kier molecular flexibility index (Phi) is 1.65. The van der Waals surface area contributed by atoms with E-state index in [1.165, 1.54) is 25.7 Å². The average Bonchev–Trinajstić information content (AvgIpc) is 2.30. The minimum atomic E-state index is -0.398. The molecule has 1 atom stereocenters. The second-order valence-electron chi connectivity index (χ2n) is 3.67. The molecule has 1 aromatic rings. The van der Waals surface area contributed by atoms with Crippen LogP contribution in [0.3, 0.4) is 0 Å². The Hall–Kier alpha value is -0.900. The zero-order valence-corrected chi connectivity index (χ0v) is 7.16.